The lowest BCUT2D eigenvalue weighted by Gasteiger charge is -2.50. The predicted molar refractivity (Wildman–Crippen MR) is 89.7 cm³/mol. The number of thiophene rings is 1. The zero-order valence-electron chi connectivity index (χ0n) is 13.1. The largest absolute Gasteiger partial charge is 0.311 e. The lowest BCUT2D eigenvalue weighted by molar-refractivity contribution is 0.0164. The van der Waals surface area contributed by atoms with Crippen LogP contribution in [0, 0.1) is 5.92 Å². The molecule has 1 saturated heterocycles. The van der Waals surface area contributed by atoms with Crippen molar-refractivity contribution in [1.82, 2.24) is 10.2 Å². The second-order valence-corrected chi connectivity index (χ2v) is 8.05. The Hall–Kier alpha value is -0.0900. The minimum Gasteiger partial charge on any atom is -0.311 e. The third-order valence-corrected chi connectivity index (χ3v) is 6.09. The number of nitrogens with one attached hydrogen (secondary N) is 1. The molecule has 20 heavy (non-hydrogen) atoms. The summed E-state index contributed by atoms with van der Waals surface area (Å²) in [5.74, 6) is 0.677. The summed E-state index contributed by atoms with van der Waals surface area (Å²) >= 11 is 7.80. The van der Waals surface area contributed by atoms with Gasteiger partial charge in [-0.25, -0.2) is 0 Å². The molecule has 1 atom stereocenters. The van der Waals surface area contributed by atoms with Crippen molar-refractivity contribution >= 4 is 22.9 Å². The fourth-order valence-electron chi connectivity index (χ4n) is 3.18. The van der Waals surface area contributed by atoms with Gasteiger partial charge in [-0.3, -0.25) is 4.90 Å². The molecule has 1 aromatic rings. The van der Waals surface area contributed by atoms with Crippen molar-refractivity contribution in [3.05, 3.63) is 21.3 Å². The van der Waals surface area contributed by atoms with Gasteiger partial charge in [0, 0.05) is 36.1 Å². The van der Waals surface area contributed by atoms with Crippen molar-refractivity contribution < 1.29 is 0 Å². The maximum absolute atomic E-state index is 6.08. The summed E-state index contributed by atoms with van der Waals surface area (Å²) in [5.41, 5.74) is 0.294. The van der Waals surface area contributed by atoms with Crippen LogP contribution in [0.2, 0.25) is 4.34 Å². The van der Waals surface area contributed by atoms with E-state index in [-0.39, 0.29) is 0 Å². The van der Waals surface area contributed by atoms with Gasteiger partial charge in [-0.15, -0.1) is 11.3 Å². The Bertz CT molecular complexity index is 426. The van der Waals surface area contributed by atoms with E-state index in [1.807, 2.05) is 6.07 Å². The van der Waals surface area contributed by atoms with Crippen LogP contribution in [0.1, 0.15) is 45.4 Å². The first-order valence-electron chi connectivity index (χ1n) is 7.73. The molecule has 0 aromatic carbocycles. The molecule has 0 radical (unpaired) electrons. The Labute approximate surface area is 132 Å². The van der Waals surface area contributed by atoms with Crippen LogP contribution < -0.4 is 5.32 Å². The van der Waals surface area contributed by atoms with Gasteiger partial charge in [0.25, 0.3) is 0 Å². The van der Waals surface area contributed by atoms with Crippen LogP contribution in [0.4, 0.5) is 0 Å². The van der Waals surface area contributed by atoms with Gasteiger partial charge >= 0.3 is 0 Å². The average Bonchev–Trinajstić information content (AvgIpc) is 2.84. The SMILES string of the molecule is CCC1(CC)CNC(C(C)C)CN1Cc1ccc(Cl)s1. The first-order valence-corrected chi connectivity index (χ1v) is 8.93. The number of hydrogen-bond acceptors (Lipinski definition) is 3. The van der Waals surface area contributed by atoms with Crippen LogP contribution in [0.3, 0.4) is 0 Å². The Morgan fingerprint density at radius 2 is 2.10 bits per heavy atom. The summed E-state index contributed by atoms with van der Waals surface area (Å²) in [7, 11) is 0. The van der Waals surface area contributed by atoms with Gasteiger partial charge in [-0.2, -0.15) is 0 Å². The summed E-state index contributed by atoms with van der Waals surface area (Å²) in [4.78, 5) is 4.07. The maximum Gasteiger partial charge on any atom is 0.0931 e. The maximum atomic E-state index is 6.08. The van der Waals surface area contributed by atoms with E-state index in [4.69, 9.17) is 11.6 Å². The molecule has 0 aliphatic carbocycles. The molecule has 1 aromatic heterocycles. The highest BCUT2D eigenvalue weighted by molar-refractivity contribution is 7.16. The van der Waals surface area contributed by atoms with E-state index in [1.54, 1.807) is 11.3 Å². The van der Waals surface area contributed by atoms with Crippen LogP contribution in [-0.2, 0) is 6.54 Å². The highest BCUT2D eigenvalue weighted by atomic mass is 35.5. The van der Waals surface area contributed by atoms with Crippen molar-refractivity contribution in [2.75, 3.05) is 13.1 Å². The van der Waals surface area contributed by atoms with E-state index in [0.717, 1.165) is 24.0 Å². The molecule has 1 N–H and O–H groups in total. The fourth-order valence-corrected chi connectivity index (χ4v) is 4.28. The molecule has 2 nitrogen and oxygen atoms in total. The molecule has 2 heterocycles. The van der Waals surface area contributed by atoms with Crippen molar-refractivity contribution in [1.29, 1.82) is 0 Å². The first-order chi connectivity index (χ1) is 9.50. The van der Waals surface area contributed by atoms with E-state index in [0.29, 0.717) is 17.5 Å². The van der Waals surface area contributed by atoms with Crippen molar-refractivity contribution in [3.63, 3.8) is 0 Å². The minimum atomic E-state index is 0.294. The summed E-state index contributed by atoms with van der Waals surface area (Å²) in [6.07, 6.45) is 2.39. The average molecular weight is 315 g/mol. The summed E-state index contributed by atoms with van der Waals surface area (Å²) in [6, 6.07) is 4.79. The third-order valence-electron chi connectivity index (χ3n) is 4.88. The molecule has 0 spiro atoms. The zero-order valence-corrected chi connectivity index (χ0v) is 14.7. The molecular weight excluding hydrogens is 288 g/mol. The van der Waals surface area contributed by atoms with E-state index < -0.39 is 0 Å². The quantitative estimate of drug-likeness (QED) is 0.867. The van der Waals surface area contributed by atoms with Crippen LogP contribution in [0.5, 0.6) is 0 Å². The molecule has 1 unspecified atom stereocenters. The minimum absolute atomic E-state index is 0.294. The molecular formula is C16H27ClN2S. The van der Waals surface area contributed by atoms with Crippen molar-refractivity contribution in [2.24, 2.45) is 5.92 Å². The lowest BCUT2D eigenvalue weighted by atomic mass is 9.85. The van der Waals surface area contributed by atoms with Gasteiger partial charge in [0.2, 0.25) is 0 Å². The molecule has 114 valence electrons. The Morgan fingerprint density at radius 3 is 2.60 bits per heavy atom. The van der Waals surface area contributed by atoms with E-state index in [1.165, 1.54) is 17.7 Å². The number of hydrogen-bond donors (Lipinski definition) is 1. The molecule has 0 amide bonds. The zero-order chi connectivity index (χ0) is 14.8. The second kappa shape index (κ2) is 6.78. The Kier molecular flexibility index (Phi) is 5.52. The van der Waals surface area contributed by atoms with Gasteiger partial charge in [0.15, 0.2) is 0 Å². The fraction of sp³-hybridized carbons (Fsp3) is 0.750. The molecule has 0 saturated carbocycles. The van der Waals surface area contributed by atoms with Crippen LogP contribution >= 0.6 is 22.9 Å². The lowest BCUT2D eigenvalue weighted by Crippen LogP contribution is -2.64. The highest BCUT2D eigenvalue weighted by Crippen LogP contribution is 2.32. The Balaban J connectivity index is 2.17. The number of nitrogens with zero attached hydrogens (tertiary/aromatic N) is 1. The summed E-state index contributed by atoms with van der Waals surface area (Å²) in [6.45, 7) is 12.5. The standard InChI is InChI=1S/C16H27ClN2S/c1-5-16(6-2)11-18-14(12(3)4)10-19(16)9-13-7-8-15(17)20-13/h7-8,12,14,18H,5-6,9-11H2,1-4H3. The summed E-state index contributed by atoms with van der Waals surface area (Å²) in [5, 5.41) is 3.77. The number of halogens is 1. The highest BCUT2D eigenvalue weighted by Gasteiger charge is 2.39. The van der Waals surface area contributed by atoms with Crippen LogP contribution in [0.25, 0.3) is 0 Å². The normalized spacial score (nSPS) is 23.4. The van der Waals surface area contributed by atoms with E-state index in [2.05, 4.69) is 44.0 Å². The predicted octanol–water partition coefficient (Wildman–Crippen LogP) is 4.39. The van der Waals surface area contributed by atoms with Gasteiger partial charge < -0.3 is 5.32 Å². The van der Waals surface area contributed by atoms with Crippen molar-refractivity contribution in [3.8, 4) is 0 Å². The van der Waals surface area contributed by atoms with E-state index in [9.17, 15) is 0 Å². The van der Waals surface area contributed by atoms with Crippen LogP contribution in [-0.4, -0.2) is 29.6 Å². The monoisotopic (exact) mass is 314 g/mol. The van der Waals surface area contributed by atoms with E-state index >= 15 is 0 Å². The molecule has 1 aliphatic heterocycles. The molecule has 4 heteroatoms. The molecule has 1 aliphatic rings. The second-order valence-electron chi connectivity index (χ2n) is 6.25. The number of piperazine rings is 1. The topological polar surface area (TPSA) is 15.3 Å². The van der Waals surface area contributed by atoms with Gasteiger partial charge in [-0.05, 0) is 30.9 Å². The molecule has 0 bridgehead atoms. The third kappa shape index (κ3) is 3.38. The number of rotatable bonds is 5. The smallest absolute Gasteiger partial charge is 0.0931 e. The summed E-state index contributed by atoms with van der Waals surface area (Å²) < 4.78 is 0.897. The molecule has 2 rings (SSSR count). The Morgan fingerprint density at radius 1 is 1.40 bits per heavy atom. The van der Waals surface area contributed by atoms with Crippen LogP contribution in [0.15, 0.2) is 12.1 Å². The van der Waals surface area contributed by atoms with Gasteiger partial charge in [-0.1, -0.05) is 39.3 Å². The molecule has 1 fully saturated rings. The van der Waals surface area contributed by atoms with Crippen molar-refractivity contribution in [2.45, 2.75) is 58.7 Å². The van der Waals surface area contributed by atoms with Gasteiger partial charge in [0.1, 0.15) is 0 Å². The first kappa shape index (κ1) is 16.3. The van der Waals surface area contributed by atoms with Gasteiger partial charge in [0.05, 0.1) is 4.34 Å².